The SMILES string of the molecule is CCOC(=O)c1cc(S)cc(C#N)c1I. The molecule has 5 heteroatoms. The predicted octanol–water partition coefficient (Wildman–Crippen LogP) is 2.63. The Labute approximate surface area is 107 Å². The largest absolute Gasteiger partial charge is 0.462 e. The van der Waals surface area contributed by atoms with Crippen molar-refractivity contribution < 1.29 is 9.53 Å². The number of thiol groups is 1. The lowest BCUT2D eigenvalue weighted by molar-refractivity contribution is 0.0525. The summed E-state index contributed by atoms with van der Waals surface area (Å²) in [7, 11) is 0. The zero-order valence-corrected chi connectivity index (χ0v) is 11.0. The molecule has 0 amide bonds. The number of esters is 1. The van der Waals surface area contributed by atoms with Crippen molar-refractivity contribution in [2.24, 2.45) is 0 Å². The second-order valence-electron chi connectivity index (χ2n) is 2.69. The average Bonchev–Trinajstić information content (AvgIpc) is 2.21. The molecule has 0 saturated heterocycles. The lowest BCUT2D eigenvalue weighted by Gasteiger charge is -2.06. The summed E-state index contributed by atoms with van der Waals surface area (Å²) in [5.74, 6) is -0.422. The molecule has 15 heavy (non-hydrogen) atoms. The summed E-state index contributed by atoms with van der Waals surface area (Å²) in [6.07, 6.45) is 0. The molecule has 1 rings (SSSR count). The molecule has 0 atom stereocenters. The Morgan fingerprint density at radius 1 is 1.67 bits per heavy atom. The van der Waals surface area contributed by atoms with Crippen LogP contribution >= 0.6 is 35.2 Å². The molecule has 0 aliphatic rings. The minimum Gasteiger partial charge on any atom is -0.462 e. The van der Waals surface area contributed by atoms with Crippen molar-refractivity contribution in [1.29, 1.82) is 5.26 Å². The molecule has 0 unspecified atom stereocenters. The highest BCUT2D eigenvalue weighted by Gasteiger charge is 2.15. The van der Waals surface area contributed by atoms with Gasteiger partial charge in [-0.15, -0.1) is 12.6 Å². The van der Waals surface area contributed by atoms with E-state index in [1.807, 2.05) is 28.7 Å². The first-order chi connectivity index (χ1) is 7.10. The van der Waals surface area contributed by atoms with Crippen LogP contribution in [-0.2, 0) is 4.74 Å². The molecule has 0 aromatic heterocycles. The van der Waals surface area contributed by atoms with E-state index in [4.69, 9.17) is 10.00 Å². The van der Waals surface area contributed by atoms with E-state index in [2.05, 4.69) is 12.6 Å². The molecule has 0 bridgehead atoms. The van der Waals surface area contributed by atoms with E-state index in [0.717, 1.165) is 0 Å². The van der Waals surface area contributed by atoms with Gasteiger partial charge in [0.05, 0.1) is 17.7 Å². The summed E-state index contributed by atoms with van der Waals surface area (Å²) in [6, 6.07) is 5.23. The number of benzene rings is 1. The third-order valence-corrected chi connectivity index (χ3v) is 3.09. The summed E-state index contributed by atoms with van der Waals surface area (Å²) in [4.78, 5) is 12.1. The van der Waals surface area contributed by atoms with Gasteiger partial charge >= 0.3 is 5.97 Å². The molecule has 78 valence electrons. The minimum atomic E-state index is -0.422. The number of hydrogen-bond donors (Lipinski definition) is 1. The van der Waals surface area contributed by atoms with Gasteiger partial charge in [-0.25, -0.2) is 4.79 Å². The van der Waals surface area contributed by atoms with Gasteiger partial charge < -0.3 is 4.74 Å². The summed E-state index contributed by atoms with van der Waals surface area (Å²) in [5, 5.41) is 8.84. The Kier molecular flexibility index (Phi) is 4.42. The van der Waals surface area contributed by atoms with E-state index >= 15 is 0 Å². The number of carbonyl (C=O) groups is 1. The standard InChI is InChI=1S/C10H8INO2S/c1-2-14-10(13)8-4-7(15)3-6(5-12)9(8)11/h3-4,15H,2H2,1H3. The predicted molar refractivity (Wildman–Crippen MR) is 67.1 cm³/mol. The fraction of sp³-hybridized carbons (Fsp3) is 0.200. The highest BCUT2D eigenvalue weighted by atomic mass is 127. The van der Waals surface area contributed by atoms with Crippen LogP contribution in [0.4, 0.5) is 0 Å². The molecule has 1 aromatic rings. The molecule has 0 fully saturated rings. The number of nitriles is 1. The Bertz CT molecular complexity index is 440. The maximum atomic E-state index is 11.5. The molecule has 0 aliphatic heterocycles. The van der Waals surface area contributed by atoms with Crippen LogP contribution in [-0.4, -0.2) is 12.6 Å². The first kappa shape index (κ1) is 12.3. The Morgan fingerprint density at radius 3 is 2.87 bits per heavy atom. The van der Waals surface area contributed by atoms with E-state index in [-0.39, 0.29) is 0 Å². The minimum absolute atomic E-state index is 0.313. The van der Waals surface area contributed by atoms with Crippen LogP contribution in [0.2, 0.25) is 0 Å². The van der Waals surface area contributed by atoms with E-state index < -0.39 is 5.97 Å². The summed E-state index contributed by atoms with van der Waals surface area (Å²) >= 11 is 6.08. The van der Waals surface area contributed by atoms with Crippen molar-refractivity contribution in [2.75, 3.05) is 6.61 Å². The van der Waals surface area contributed by atoms with Gasteiger partial charge in [0.15, 0.2) is 0 Å². The topological polar surface area (TPSA) is 50.1 Å². The monoisotopic (exact) mass is 333 g/mol. The highest BCUT2D eigenvalue weighted by Crippen LogP contribution is 2.22. The molecule has 0 aliphatic carbocycles. The van der Waals surface area contributed by atoms with Gasteiger partial charge in [-0.2, -0.15) is 5.26 Å². The van der Waals surface area contributed by atoms with E-state index in [1.165, 1.54) is 0 Å². The molecular weight excluding hydrogens is 325 g/mol. The summed E-state index contributed by atoms with van der Waals surface area (Å²) in [5.41, 5.74) is 0.827. The number of halogens is 1. The first-order valence-electron chi connectivity index (χ1n) is 4.19. The van der Waals surface area contributed by atoms with Crippen LogP contribution < -0.4 is 0 Å². The lowest BCUT2D eigenvalue weighted by Crippen LogP contribution is -2.08. The number of hydrogen-bond acceptors (Lipinski definition) is 4. The average molecular weight is 333 g/mol. The Hall–Kier alpha value is -0.740. The van der Waals surface area contributed by atoms with E-state index in [0.29, 0.717) is 26.2 Å². The van der Waals surface area contributed by atoms with Crippen molar-refractivity contribution in [3.8, 4) is 6.07 Å². The van der Waals surface area contributed by atoms with Gasteiger partial charge in [-0.1, -0.05) is 0 Å². The molecule has 3 nitrogen and oxygen atoms in total. The van der Waals surface area contributed by atoms with Crippen LogP contribution in [0.15, 0.2) is 17.0 Å². The van der Waals surface area contributed by atoms with Crippen molar-refractivity contribution in [2.45, 2.75) is 11.8 Å². The van der Waals surface area contributed by atoms with E-state index in [1.54, 1.807) is 19.1 Å². The van der Waals surface area contributed by atoms with Gasteiger partial charge in [0.2, 0.25) is 0 Å². The molecule has 0 saturated carbocycles. The van der Waals surface area contributed by atoms with Crippen molar-refractivity contribution >= 4 is 41.2 Å². The van der Waals surface area contributed by atoms with Crippen molar-refractivity contribution in [3.05, 3.63) is 26.8 Å². The third-order valence-electron chi connectivity index (χ3n) is 1.67. The van der Waals surface area contributed by atoms with Crippen LogP contribution in [0.5, 0.6) is 0 Å². The number of rotatable bonds is 2. The smallest absolute Gasteiger partial charge is 0.339 e. The zero-order valence-electron chi connectivity index (χ0n) is 7.95. The second kappa shape index (κ2) is 5.37. The first-order valence-corrected chi connectivity index (χ1v) is 5.72. The van der Waals surface area contributed by atoms with Crippen LogP contribution in [0.3, 0.4) is 0 Å². The van der Waals surface area contributed by atoms with Crippen molar-refractivity contribution in [1.82, 2.24) is 0 Å². The highest BCUT2D eigenvalue weighted by molar-refractivity contribution is 14.1. The number of ether oxygens (including phenoxy) is 1. The second-order valence-corrected chi connectivity index (χ2v) is 4.28. The molecule has 1 aromatic carbocycles. The molecule has 0 spiro atoms. The molecule has 0 N–H and O–H groups in total. The van der Waals surface area contributed by atoms with Gasteiger partial charge in [-0.05, 0) is 41.6 Å². The van der Waals surface area contributed by atoms with Crippen LogP contribution in [0.1, 0.15) is 22.8 Å². The van der Waals surface area contributed by atoms with E-state index in [9.17, 15) is 4.79 Å². The normalized spacial score (nSPS) is 9.47. The molecule has 0 heterocycles. The third kappa shape index (κ3) is 2.86. The quantitative estimate of drug-likeness (QED) is 0.514. The number of carbonyl (C=O) groups excluding carboxylic acids is 1. The van der Waals surface area contributed by atoms with Gasteiger partial charge in [-0.3, -0.25) is 0 Å². The van der Waals surface area contributed by atoms with Crippen LogP contribution in [0, 0.1) is 14.9 Å². The Balaban J connectivity index is 3.24. The molecular formula is C10H8INO2S. The maximum absolute atomic E-state index is 11.5. The number of nitrogens with zero attached hydrogens (tertiary/aromatic N) is 1. The van der Waals surface area contributed by atoms with Crippen molar-refractivity contribution in [3.63, 3.8) is 0 Å². The summed E-state index contributed by atoms with van der Waals surface area (Å²) in [6.45, 7) is 2.05. The molecule has 0 radical (unpaired) electrons. The fourth-order valence-electron chi connectivity index (χ4n) is 1.05. The zero-order chi connectivity index (χ0) is 11.4. The fourth-order valence-corrected chi connectivity index (χ4v) is 1.96. The van der Waals surface area contributed by atoms with Gasteiger partial charge in [0.25, 0.3) is 0 Å². The Morgan fingerprint density at radius 2 is 2.33 bits per heavy atom. The van der Waals surface area contributed by atoms with Crippen LogP contribution in [0.25, 0.3) is 0 Å². The lowest BCUT2D eigenvalue weighted by atomic mass is 10.1. The summed E-state index contributed by atoms with van der Waals surface area (Å²) < 4.78 is 5.48. The maximum Gasteiger partial charge on any atom is 0.339 e. The van der Waals surface area contributed by atoms with Gasteiger partial charge in [0, 0.05) is 8.47 Å². The van der Waals surface area contributed by atoms with Gasteiger partial charge in [0.1, 0.15) is 6.07 Å².